The predicted octanol–water partition coefficient (Wildman–Crippen LogP) is 1.13. The average Bonchev–Trinajstić information content (AvgIpc) is 2.91. The maximum absolute atomic E-state index is 12.1. The maximum atomic E-state index is 12.1. The Hall–Kier alpha value is -2.87. The number of hydrogen-bond donors (Lipinski definition) is 2. The van der Waals surface area contributed by atoms with Gasteiger partial charge in [0.1, 0.15) is 0 Å². The minimum absolute atomic E-state index is 0.0758. The lowest BCUT2D eigenvalue weighted by Gasteiger charge is -2.12. The largest absolute Gasteiger partial charge is 0.493 e. The molecule has 0 unspecified atom stereocenters. The molecule has 0 bridgehead atoms. The molecular weight excluding hydrogens is 370 g/mol. The van der Waals surface area contributed by atoms with Crippen molar-refractivity contribution in [2.45, 2.75) is 20.8 Å². The number of carbonyl (C=O) groups is 2. The monoisotopic (exact) mass is 391 g/mol. The van der Waals surface area contributed by atoms with E-state index in [2.05, 4.69) is 4.98 Å². The first-order valence-electron chi connectivity index (χ1n) is 8.10. The molecule has 0 aliphatic heterocycles. The van der Waals surface area contributed by atoms with Gasteiger partial charge in [-0.25, -0.2) is 4.79 Å². The minimum atomic E-state index is -1.09. The summed E-state index contributed by atoms with van der Waals surface area (Å²) in [5.41, 5.74) is -0.141. The van der Waals surface area contributed by atoms with Gasteiger partial charge in [-0.15, -0.1) is 11.3 Å². The third-order valence-electron chi connectivity index (χ3n) is 3.52. The summed E-state index contributed by atoms with van der Waals surface area (Å²) >= 11 is 1.18. The summed E-state index contributed by atoms with van der Waals surface area (Å²) in [5, 5.41) is 8.70. The summed E-state index contributed by atoms with van der Waals surface area (Å²) in [5.74, 6) is -0.519. The second-order valence-electron chi connectivity index (χ2n) is 6.78. The van der Waals surface area contributed by atoms with Gasteiger partial charge in [-0.1, -0.05) is 26.8 Å². The molecule has 0 aliphatic rings. The van der Waals surface area contributed by atoms with Crippen molar-refractivity contribution in [2.24, 2.45) is 5.41 Å². The number of hydrogen-bond acceptors (Lipinski definition) is 6. The van der Waals surface area contributed by atoms with E-state index in [1.807, 2.05) is 20.8 Å². The first kappa shape index (κ1) is 20.4. The highest BCUT2D eigenvalue weighted by Crippen LogP contribution is 2.28. The molecule has 7 nitrogen and oxygen atoms in total. The van der Waals surface area contributed by atoms with Crippen LogP contribution in [0.2, 0.25) is 0 Å². The molecule has 1 heterocycles. The molecule has 0 saturated heterocycles. The van der Waals surface area contributed by atoms with Gasteiger partial charge in [-0.05, 0) is 23.8 Å². The number of carbonyl (C=O) groups excluding carboxylic acids is 1. The van der Waals surface area contributed by atoms with Gasteiger partial charge in [-0.3, -0.25) is 9.59 Å². The number of nitrogens with one attached hydrogen (secondary N) is 1. The van der Waals surface area contributed by atoms with Crippen molar-refractivity contribution in [3.8, 4) is 11.5 Å². The molecule has 0 spiro atoms. The molecule has 1 aromatic carbocycles. The fraction of sp³-hybridized carbons (Fsp3) is 0.316. The number of H-pyrrole nitrogens is 1. The summed E-state index contributed by atoms with van der Waals surface area (Å²) in [6.45, 7) is 4.95. The molecule has 2 N–H and O–H groups in total. The lowest BCUT2D eigenvalue weighted by atomic mass is 9.91. The van der Waals surface area contributed by atoms with E-state index in [1.165, 1.54) is 24.5 Å². The van der Waals surface area contributed by atoms with Crippen molar-refractivity contribution in [2.75, 3.05) is 13.7 Å². The zero-order chi connectivity index (χ0) is 20.2. The van der Waals surface area contributed by atoms with E-state index in [1.54, 1.807) is 24.3 Å². The summed E-state index contributed by atoms with van der Waals surface area (Å²) < 4.78 is 11.3. The van der Waals surface area contributed by atoms with E-state index in [-0.39, 0.29) is 11.3 Å². The number of rotatable bonds is 6. The van der Waals surface area contributed by atoms with Crippen LogP contribution >= 0.6 is 11.3 Å². The van der Waals surface area contributed by atoms with E-state index in [9.17, 15) is 14.4 Å². The predicted molar refractivity (Wildman–Crippen MR) is 103 cm³/mol. The minimum Gasteiger partial charge on any atom is -0.493 e. The first-order chi connectivity index (χ1) is 12.6. The standard InChI is InChI=1S/C19H21NO6S/c1-19(2,3)15(21)9-16-20-18(24)14(27-16)8-11-5-6-12(13(7-11)25-4)26-10-17(22)23/h5-9H,10H2,1-4H3,(H,20,24)(H,22,23)/b14-8+,16-9-. The molecule has 144 valence electrons. The number of ketones is 1. The lowest BCUT2D eigenvalue weighted by molar-refractivity contribution is -0.139. The average molecular weight is 391 g/mol. The summed E-state index contributed by atoms with van der Waals surface area (Å²) in [6, 6.07) is 4.90. The molecule has 0 saturated carbocycles. The Balaban J connectivity index is 2.39. The van der Waals surface area contributed by atoms with Crippen LogP contribution in [0.3, 0.4) is 0 Å². The highest BCUT2D eigenvalue weighted by Gasteiger charge is 2.18. The third-order valence-corrected chi connectivity index (χ3v) is 4.48. The molecule has 0 fully saturated rings. The van der Waals surface area contributed by atoms with E-state index in [0.29, 0.717) is 26.3 Å². The van der Waals surface area contributed by atoms with Crippen LogP contribution in [0.4, 0.5) is 0 Å². The van der Waals surface area contributed by atoms with E-state index < -0.39 is 18.0 Å². The Morgan fingerprint density at radius 3 is 2.56 bits per heavy atom. The first-order valence-corrected chi connectivity index (χ1v) is 8.91. The number of aliphatic carboxylic acids is 1. The van der Waals surface area contributed by atoms with E-state index in [4.69, 9.17) is 14.6 Å². The lowest BCUT2D eigenvalue weighted by Crippen LogP contribution is -2.22. The van der Waals surface area contributed by atoms with E-state index >= 15 is 0 Å². The molecule has 0 amide bonds. The molecule has 0 aliphatic carbocycles. The summed E-state index contributed by atoms with van der Waals surface area (Å²) in [6.07, 6.45) is 3.10. The van der Waals surface area contributed by atoms with Crippen LogP contribution < -0.4 is 24.2 Å². The van der Waals surface area contributed by atoms with Crippen molar-refractivity contribution >= 4 is 35.2 Å². The molecule has 2 rings (SSSR count). The van der Waals surface area contributed by atoms with Gasteiger partial charge < -0.3 is 19.6 Å². The van der Waals surface area contributed by atoms with Gasteiger partial charge in [0, 0.05) is 11.5 Å². The van der Waals surface area contributed by atoms with Crippen molar-refractivity contribution in [3.63, 3.8) is 0 Å². The van der Waals surface area contributed by atoms with Crippen LogP contribution in [0.15, 0.2) is 23.0 Å². The molecule has 1 aromatic heterocycles. The second-order valence-corrected chi connectivity index (χ2v) is 7.86. The number of carboxylic acids is 1. The highest BCUT2D eigenvalue weighted by molar-refractivity contribution is 7.07. The maximum Gasteiger partial charge on any atom is 0.341 e. The quantitative estimate of drug-likeness (QED) is 0.765. The Kier molecular flexibility index (Phi) is 6.22. The third kappa shape index (κ3) is 5.55. The number of carboxylic acid groups (broad SMARTS) is 1. The van der Waals surface area contributed by atoms with Crippen LogP contribution in [-0.4, -0.2) is 35.6 Å². The molecule has 0 radical (unpaired) electrons. The number of methoxy groups -OCH3 is 1. The van der Waals surface area contributed by atoms with Gasteiger partial charge in [0.05, 0.1) is 16.3 Å². The van der Waals surface area contributed by atoms with Gasteiger partial charge in [-0.2, -0.15) is 0 Å². The van der Waals surface area contributed by atoms with Crippen LogP contribution in [0.1, 0.15) is 26.3 Å². The number of aromatic nitrogens is 1. The Morgan fingerprint density at radius 1 is 1.26 bits per heavy atom. The zero-order valence-corrected chi connectivity index (χ0v) is 16.3. The van der Waals surface area contributed by atoms with Crippen molar-refractivity contribution in [1.29, 1.82) is 0 Å². The van der Waals surface area contributed by atoms with Crippen molar-refractivity contribution in [1.82, 2.24) is 4.98 Å². The Bertz CT molecular complexity index is 1030. The number of Topliss-reactive ketones (excluding diaryl/α,β-unsaturated/α-hetero) is 1. The summed E-state index contributed by atoms with van der Waals surface area (Å²) in [4.78, 5) is 37.5. The van der Waals surface area contributed by atoms with Gasteiger partial charge in [0.15, 0.2) is 23.9 Å². The van der Waals surface area contributed by atoms with Gasteiger partial charge in [0.25, 0.3) is 5.56 Å². The summed E-state index contributed by atoms with van der Waals surface area (Å²) in [7, 11) is 1.44. The van der Waals surface area contributed by atoms with Gasteiger partial charge in [0.2, 0.25) is 0 Å². The van der Waals surface area contributed by atoms with E-state index in [0.717, 1.165) is 0 Å². The molecule has 0 atom stereocenters. The SMILES string of the molecule is COc1cc(/C=c2/s/c(=C\C(=O)C(C)(C)C)[nH]c2=O)ccc1OCC(=O)O. The fourth-order valence-electron chi connectivity index (χ4n) is 2.04. The topological polar surface area (TPSA) is 106 Å². The van der Waals surface area contributed by atoms with Crippen LogP contribution in [0, 0.1) is 5.41 Å². The number of aromatic amines is 1. The smallest absolute Gasteiger partial charge is 0.341 e. The zero-order valence-electron chi connectivity index (χ0n) is 15.5. The van der Waals surface area contributed by atoms with Crippen LogP contribution in [-0.2, 0) is 9.59 Å². The van der Waals surface area contributed by atoms with Crippen LogP contribution in [0.25, 0.3) is 12.2 Å². The molecular formula is C19H21NO6S. The fourth-order valence-corrected chi connectivity index (χ4v) is 2.93. The number of thiazole rings is 1. The Labute approximate surface area is 159 Å². The van der Waals surface area contributed by atoms with Gasteiger partial charge >= 0.3 is 5.97 Å². The normalized spacial score (nSPS) is 12.9. The molecule has 27 heavy (non-hydrogen) atoms. The number of ether oxygens (including phenoxy) is 2. The number of benzene rings is 1. The highest BCUT2D eigenvalue weighted by atomic mass is 32.1. The Morgan fingerprint density at radius 2 is 1.96 bits per heavy atom. The molecule has 2 aromatic rings. The van der Waals surface area contributed by atoms with Crippen LogP contribution in [0.5, 0.6) is 11.5 Å². The molecule has 8 heteroatoms. The van der Waals surface area contributed by atoms with Crippen molar-refractivity contribution < 1.29 is 24.2 Å². The second kappa shape index (κ2) is 8.22. The van der Waals surface area contributed by atoms with Crippen molar-refractivity contribution in [3.05, 3.63) is 43.3 Å².